The van der Waals surface area contributed by atoms with Crippen LogP contribution in [0.4, 0.5) is 0 Å². The van der Waals surface area contributed by atoms with Crippen LogP contribution in [0.25, 0.3) is 0 Å². The second kappa shape index (κ2) is 7.17. The van der Waals surface area contributed by atoms with Crippen molar-refractivity contribution >= 4 is 11.9 Å². The Kier molecular flexibility index (Phi) is 5.27. The molecule has 0 aromatic carbocycles. The van der Waals surface area contributed by atoms with E-state index in [1.54, 1.807) is 31.5 Å². The van der Waals surface area contributed by atoms with Gasteiger partial charge in [-0.05, 0) is 25.1 Å². The van der Waals surface area contributed by atoms with Crippen molar-refractivity contribution in [3.63, 3.8) is 0 Å². The molecule has 0 bridgehead atoms. The Morgan fingerprint density at radius 3 is 2.81 bits per heavy atom. The van der Waals surface area contributed by atoms with Crippen LogP contribution in [0.15, 0.2) is 24.5 Å². The van der Waals surface area contributed by atoms with Gasteiger partial charge in [0.25, 0.3) is 5.91 Å². The van der Waals surface area contributed by atoms with E-state index >= 15 is 0 Å². The third-order valence-corrected chi connectivity index (χ3v) is 3.74. The maximum atomic E-state index is 12.4. The van der Waals surface area contributed by atoms with Crippen LogP contribution in [0.2, 0.25) is 0 Å². The predicted octanol–water partition coefficient (Wildman–Crippen LogP) is 0.950. The number of aliphatic carboxylic acids is 1. The Bertz CT molecular complexity index is 492. The normalized spacial score (nSPS) is 18.0. The van der Waals surface area contributed by atoms with Gasteiger partial charge in [-0.1, -0.05) is 6.92 Å². The van der Waals surface area contributed by atoms with E-state index in [0.29, 0.717) is 31.7 Å². The molecule has 2 heterocycles. The van der Waals surface area contributed by atoms with Gasteiger partial charge in [0.15, 0.2) is 0 Å². The summed E-state index contributed by atoms with van der Waals surface area (Å²) in [5.41, 5.74) is 0.602. The first-order valence-corrected chi connectivity index (χ1v) is 7.22. The molecule has 0 radical (unpaired) electrons. The third kappa shape index (κ3) is 4.26. The van der Waals surface area contributed by atoms with Crippen molar-refractivity contribution < 1.29 is 14.7 Å². The smallest absolute Gasteiger partial charge is 0.307 e. The van der Waals surface area contributed by atoms with Crippen molar-refractivity contribution in [2.45, 2.75) is 13.3 Å². The highest BCUT2D eigenvalue weighted by Gasteiger charge is 2.22. The molecule has 1 unspecified atom stereocenters. The summed E-state index contributed by atoms with van der Waals surface area (Å²) < 4.78 is 0. The number of hydrogen-bond acceptors (Lipinski definition) is 4. The molecule has 21 heavy (non-hydrogen) atoms. The largest absolute Gasteiger partial charge is 0.481 e. The van der Waals surface area contributed by atoms with Gasteiger partial charge in [-0.25, -0.2) is 0 Å². The van der Waals surface area contributed by atoms with Gasteiger partial charge in [0.05, 0.1) is 11.5 Å². The van der Waals surface area contributed by atoms with E-state index < -0.39 is 5.97 Å². The second-order valence-electron chi connectivity index (χ2n) is 5.43. The van der Waals surface area contributed by atoms with Crippen molar-refractivity contribution in [1.29, 1.82) is 0 Å². The highest BCUT2D eigenvalue weighted by molar-refractivity contribution is 5.93. The van der Waals surface area contributed by atoms with Crippen LogP contribution in [0.3, 0.4) is 0 Å². The number of aromatic nitrogens is 1. The molecule has 1 aromatic rings. The molecule has 2 rings (SSSR count). The Morgan fingerprint density at radius 2 is 2.14 bits per heavy atom. The molecule has 114 valence electrons. The van der Waals surface area contributed by atoms with Crippen molar-refractivity contribution in [1.82, 2.24) is 14.8 Å². The summed E-state index contributed by atoms with van der Waals surface area (Å²) in [6, 6.07) is 3.52. The van der Waals surface area contributed by atoms with Gasteiger partial charge in [0, 0.05) is 38.6 Å². The molecule has 1 aromatic heterocycles. The Morgan fingerprint density at radius 1 is 1.33 bits per heavy atom. The van der Waals surface area contributed by atoms with Gasteiger partial charge in [-0.15, -0.1) is 0 Å². The van der Waals surface area contributed by atoms with Crippen molar-refractivity contribution in [3.8, 4) is 0 Å². The van der Waals surface area contributed by atoms with E-state index in [2.05, 4.69) is 9.88 Å². The molecular weight excluding hydrogens is 270 g/mol. The summed E-state index contributed by atoms with van der Waals surface area (Å²) in [6.45, 7) is 5.11. The first-order chi connectivity index (χ1) is 10.1. The first kappa shape index (κ1) is 15.4. The maximum Gasteiger partial charge on any atom is 0.307 e. The van der Waals surface area contributed by atoms with E-state index in [9.17, 15) is 9.59 Å². The molecular formula is C15H21N3O3. The van der Waals surface area contributed by atoms with Gasteiger partial charge < -0.3 is 14.9 Å². The van der Waals surface area contributed by atoms with E-state index in [4.69, 9.17) is 5.11 Å². The zero-order chi connectivity index (χ0) is 15.2. The standard InChI is InChI=1S/C15H21N3O3/c1-12(15(20)21)11-17-6-3-7-18(9-8-17)14(19)13-4-2-5-16-10-13/h2,4-5,10,12H,3,6-9,11H2,1H3,(H,20,21). The number of carboxylic acids is 1. The lowest BCUT2D eigenvalue weighted by Gasteiger charge is -2.23. The maximum absolute atomic E-state index is 12.4. The van der Waals surface area contributed by atoms with Gasteiger partial charge in [0.2, 0.25) is 0 Å². The summed E-state index contributed by atoms with van der Waals surface area (Å²) in [4.78, 5) is 31.2. The van der Waals surface area contributed by atoms with Gasteiger partial charge in [-0.3, -0.25) is 14.6 Å². The zero-order valence-electron chi connectivity index (χ0n) is 12.2. The number of rotatable bonds is 4. The number of pyridine rings is 1. The monoisotopic (exact) mass is 291 g/mol. The van der Waals surface area contributed by atoms with Crippen LogP contribution in [-0.2, 0) is 4.79 Å². The quantitative estimate of drug-likeness (QED) is 0.894. The molecule has 0 saturated carbocycles. The summed E-state index contributed by atoms with van der Waals surface area (Å²) >= 11 is 0. The zero-order valence-corrected chi connectivity index (χ0v) is 12.2. The predicted molar refractivity (Wildman–Crippen MR) is 78.0 cm³/mol. The molecule has 1 aliphatic rings. The number of amides is 1. The average molecular weight is 291 g/mol. The molecule has 1 saturated heterocycles. The average Bonchev–Trinajstić information content (AvgIpc) is 2.73. The number of hydrogen-bond donors (Lipinski definition) is 1. The van der Waals surface area contributed by atoms with Crippen molar-refractivity contribution in [3.05, 3.63) is 30.1 Å². The van der Waals surface area contributed by atoms with Crippen LogP contribution >= 0.6 is 0 Å². The molecule has 0 spiro atoms. The molecule has 6 heteroatoms. The molecule has 1 fully saturated rings. The van der Waals surface area contributed by atoms with Crippen molar-refractivity contribution in [2.75, 3.05) is 32.7 Å². The first-order valence-electron chi connectivity index (χ1n) is 7.22. The van der Waals surface area contributed by atoms with Crippen molar-refractivity contribution in [2.24, 2.45) is 5.92 Å². The van der Waals surface area contributed by atoms with Gasteiger partial charge in [-0.2, -0.15) is 0 Å². The highest BCUT2D eigenvalue weighted by atomic mass is 16.4. The van der Waals surface area contributed by atoms with E-state index in [1.807, 2.05) is 4.90 Å². The number of nitrogens with zero attached hydrogens (tertiary/aromatic N) is 3. The molecule has 1 atom stereocenters. The summed E-state index contributed by atoms with van der Waals surface area (Å²) in [5.74, 6) is -1.16. The van der Waals surface area contributed by atoms with Gasteiger partial charge in [0.1, 0.15) is 0 Å². The fraction of sp³-hybridized carbons (Fsp3) is 0.533. The lowest BCUT2D eigenvalue weighted by Crippen LogP contribution is -2.37. The lowest BCUT2D eigenvalue weighted by atomic mass is 10.1. The second-order valence-corrected chi connectivity index (χ2v) is 5.43. The van der Waals surface area contributed by atoms with E-state index in [0.717, 1.165) is 13.0 Å². The number of carbonyl (C=O) groups excluding carboxylic acids is 1. The van der Waals surface area contributed by atoms with Crippen LogP contribution in [0, 0.1) is 5.92 Å². The Hall–Kier alpha value is -1.95. The van der Waals surface area contributed by atoms with Crippen LogP contribution in [0.5, 0.6) is 0 Å². The minimum Gasteiger partial charge on any atom is -0.481 e. The summed E-state index contributed by atoms with van der Waals surface area (Å²) in [5, 5.41) is 8.97. The minimum absolute atomic E-state index is 0.00349. The van der Waals surface area contributed by atoms with Crippen LogP contribution < -0.4 is 0 Å². The molecule has 1 aliphatic heterocycles. The van der Waals surface area contributed by atoms with E-state index in [-0.39, 0.29) is 11.8 Å². The topological polar surface area (TPSA) is 73.7 Å². The number of carbonyl (C=O) groups is 2. The van der Waals surface area contributed by atoms with Crippen LogP contribution in [-0.4, -0.2) is 64.5 Å². The SMILES string of the molecule is CC(CN1CCCN(C(=O)c2cccnc2)CC1)C(=O)O. The van der Waals surface area contributed by atoms with E-state index in [1.165, 1.54) is 0 Å². The third-order valence-electron chi connectivity index (χ3n) is 3.74. The van der Waals surface area contributed by atoms with Crippen LogP contribution in [0.1, 0.15) is 23.7 Å². The van der Waals surface area contributed by atoms with Gasteiger partial charge >= 0.3 is 5.97 Å². The number of carboxylic acid groups (broad SMARTS) is 1. The highest BCUT2D eigenvalue weighted by Crippen LogP contribution is 2.10. The fourth-order valence-electron chi connectivity index (χ4n) is 2.49. The lowest BCUT2D eigenvalue weighted by molar-refractivity contribution is -0.141. The molecule has 1 amide bonds. The minimum atomic E-state index is -0.775. The molecule has 1 N–H and O–H groups in total. The molecule has 0 aliphatic carbocycles. The Labute approximate surface area is 124 Å². The summed E-state index contributed by atoms with van der Waals surface area (Å²) in [6.07, 6.45) is 4.09. The molecule has 6 nitrogen and oxygen atoms in total. The fourth-order valence-corrected chi connectivity index (χ4v) is 2.49. The summed E-state index contributed by atoms with van der Waals surface area (Å²) in [7, 11) is 0. The Balaban J connectivity index is 1.92.